The highest BCUT2D eigenvalue weighted by Crippen LogP contribution is 2.25. The van der Waals surface area contributed by atoms with Crippen LogP contribution in [-0.2, 0) is 6.54 Å². The van der Waals surface area contributed by atoms with Gasteiger partial charge in [-0.25, -0.2) is 4.39 Å². The molecule has 2 aromatic carbocycles. The average molecular weight is 373 g/mol. The van der Waals surface area contributed by atoms with Crippen molar-refractivity contribution < 1.29 is 13.9 Å². The van der Waals surface area contributed by atoms with Gasteiger partial charge >= 0.3 is 0 Å². The third-order valence-electron chi connectivity index (χ3n) is 3.78. The van der Waals surface area contributed by atoms with E-state index in [0.717, 1.165) is 34.6 Å². The van der Waals surface area contributed by atoms with Crippen LogP contribution < -0.4 is 9.47 Å². The number of nitrogens with zero attached hydrogens (tertiary/aromatic N) is 3. The molecule has 0 atom stereocenters. The summed E-state index contributed by atoms with van der Waals surface area (Å²) < 4.78 is 25.8. The van der Waals surface area contributed by atoms with Crippen LogP contribution in [0.4, 0.5) is 4.39 Å². The fraction of sp³-hybridized carbons (Fsp3) is 0.263. The molecule has 0 aliphatic rings. The number of ether oxygens (including phenoxy) is 2. The van der Waals surface area contributed by atoms with Crippen LogP contribution in [0.3, 0.4) is 0 Å². The first-order chi connectivity index (χ1) is 12.7. The van der Waals surface area contributed by atoms with E-state index in [1.54, 1.807) is 31.0 Å². The van der Waals surface area contributed by atoms with E-state index in [1.165, 1.54) is 12.1 Å². The number of halogens is 1. The number of hydrogen-bond donors (Lipinski definition) is 0. The lowest BCUT2D eigenvalue weighted by Crippen LogP contribution is -2.03. The quantitative estimate of drug-likeness (QED) is 0.436. The first-order valence-corrected chi connectivity index (χ1v) is 9.28. The largest absolute Gasteiger partial charge is 0.497 e. The van der Waals surface area contributed by atoms with Gasteiger partial charge < -0.3 is 14.0 Å². The third-order valence-corrected chi connectivity index (χ3v) is 4.71. The SMILES string of the molecule is CCn1c(SCCOc2ccc(F)cc2)nnc1-c1ccc(OC)cc1. The van der Waals surface area contributed by atoms with E-state index in [4.69, 9.17) is 9.47 Å². The monoisotopic (exact) mass is 373 g/mol. The minimum absolute atomic E-state index is 0.270. The van der Waals surface area contributed by atoms with Gasteiger partial charge in [0, 0.05) is 17.9 Å². The van der Waals surface area contributed by atoms with Crippen LogP contribution in [0, 0.1) is 5.82 Å². The molecular weight excluding hydrogens is 353 g/mol. The summed E-state index contributed by atoms with van der Waals surface area (Å²) in [6, 6.07) is 13.8. The number of hydrogen-bond acceptors (Lipinski definition) is 5. The van der Waals surface area contributed by atoms with Gasteiger partial charge in [-0.3, -0.25) is 0 Å². The van der Waals surface area contributed by atoms with Gasteiger partial charge in [-0.1, -0.05) is 11.8 Å². The lowest BCUT2D eigenvalue weighted by molar-refractivity contribution is 0.343. The molecule has 5 nitrogen and oxygen atoms in total. The number of rotatable bonds is 8. The predicted octanol–water partition coefficient (Wildman–Crippen LogP) is 4.28. The minimum Gasteiger partial charge on any atom is -0.497 e. The van der Waals surface area contributed by atoms with Gasteiger partial charge in [-0.2, -0.15) is 0 Å². The Morgan fingerprint density at radius 3 is 2.35 bits per heavy atom. The molecule has 0 saturated carbocycles. The van der Waals surface area contributed by atoms with E-state index in [0.29, 0.717) is 12.4 Å². The van der Waals surface area contributed by atoms with Crippen molar-refractivity contribution in [2.75, 3.05) is 19.5 Å². The summed E-state index contributed by atoms with van der Waals surface area (Å²) in [5, 5.41) is 9.48. The maximum Gasteiger partial charge on any atom is 0.191 e. The second kappa shape index (κ2) is 8.71. The summed E-state index contributed by atoms with van der Waals surface area (Å²) >= 11 is 1.58. The lowest BCUT2D eigenvalue weighted by Gasteiger charge is -2.08. The first-order valence-electron chi connectivity index (χ1n) is 8.30. The molecule has 7 heteroatoms. The van der Waals surface area contributed by atoms with E-state index < -0.39 is 0 Å². The van der Waals surface area contributed by atoms with Gasteiger partial charge in [0.25, 0.3) is 0 Å². The molecule has 136 valence electrons. The minimum atomic E-state index is -0.270. The van der Waals surface area contributed by atoms with E-state index >= 15 is 0 Å². The average Bonchev–Trinajstić information content (AvgIpc) is 3.09. The first kappa shape index (κ1) is 18.3. The smallest absolute Gasteiger partial charge is 0.191 e. The fourth-order valence-electron chi connectivity index (χ4n) is 2.46. The summed E-state index contributed by atoms with van der Waals surface area (Å²) in [4.78, 5) is 0. The molecule has 0 aliphatic heterocycles. The van der Waals surface area contributed by atoms with Gasteiger partial charge in [0.05, 0.1) is 13.7 Å². The molecule has 0 unspecified atom stereocenters. The zero-order valence-corrected chi connectivity index (χ0v) is 15.5. The van der Waals surface area contributed by atoms with Gasteiger partial charge in [0.15, 0.2) is 11.0 Å². The number of benzene rings is 2. The van der Waals surface area contributed by atoms with Gasteiger partial charge in [-0.05, 0) is 55.5 Å². The molecule has 0 saturated heterocycles. The molecule has 0 N–H and O–H groups in total. The normalized spacial score (nSPS) is 10.7. The Balaban J connectivity index is 1.61. The molecule has 0 amide bonds. The zero-order valence-electron chi connectivity index (χ0n) is 14.7. The van der Waals surface area contributed by atoms with Gasteiger partial charge in [0.2, 0.25) is 0 Å². The van der Waals surface area contributed by atoms with Crippen molar-refractivity contribution in [3.8, 4) is 22.9 Å². The maximum atomic E-state index is 12.9. The van der Waals surface area contributed by atoms with Crippen LogP contribution in [0.2, 0.25) is 0 Å². The molecule has 1 heterocycles. The van der Waals surface area contributed by atoms with Crippen LogP contribution >= 0.6 is 11.8 Å². The van der Waals surface area contributed by atoms with Crippen LogP contribution in [-0.4, -0.2) is 34.2 Å². The predicted molar refractivity (Wildman–Crippen MR) is 100 cm³/mol. The topological polar surface area (TPSA) is 49.2 Å². The van der Waals surface area contributed by atoms with Crippen LogP contribution in [0.25, 0.3) is 11.4 Å². The summed E-state index contributed by atoms with van der Waals surface area (Å²) in [5.74, 6) is 2.75. The molecule has 3 rings (SSSR count). The molecule has 0 radical (unpaired) electrons. The van der Waals surface area contributed by atoms with Gasteiger partial charge in [0.1, 0.15) is 17.3 Å². The van der Waals surface area contributed by atoms with Crippen molar-refractivity contribution >= 4 is 11.8 Å². The highest BCUT2D eigenvalue weighted by molar-refractivity contribution is 7.99. The molecule has 0 fully saturated rings. The van der Waals surface area contributed by atoms with Gasteiger partial charge in [-0.15, -0.1) is 10.2 Å². The number of methoxy groups -OCH3 is 1. The Labute approximate surface area is 156 Å². The molecule has 1 aromatic heterocycles. The van der Waals surface area contributed by atoms with Crippen molar-refractivity contribution in [2.24, 2.45) is 0 Å². The highest BCUT2D eigenvalue weighted by atomic mass is 32.2. The Hall–Kier alpha value is -2.54. The van der Waals surface area contributed by atoms with Crippen LogP contribution in [0.1, 0.15) is 6.92 Å². The summed E-state index contributed by atoms with van der Waals surface area (Å²) in [5.41, 5.74) is 0.995. The number of aromatic nitrogens is 3. The molecule has 0 aliphatic carbocycles. The summed E-state index contributed by atoms with van der Waals surface area (Å²) in [6.07, 6.45) is 0. The molecular formula is C19H20FN3O2S. The molecule has 0 bridgehead atoms. The Morgan fingerprint density at radius 2 is 1.69 bits per heavy atom. The van der Waals surface area contributed by atoms with Crippen molar-refractivity contribution in [1.82, 2.24) is 14.8 Å². The fourth-order valence-corrected chi connectivity index (χ4v) is 3.28. The van der Waals surface area contributed by atoms with Crippen LogP contribution in [0.5, 0.6) is 11.5 Å². The van der Waals surface area contributed by atoms with Crippen molar-refractivity contribution in [3.63, 3.8) is 0 Å². The van der Waals surface area contributed by atoms with Crippen molar-refractivity contribution in [3.05, 3.63) is 54.3 Å². The summed E-state index contributed by atoms with van der Waals surface area (Å²) in [7, 11) is 1.65. The second-order valence-corrected chi connectivity index (χ2v) is 6.49. The van der Waals surface area contributed by atoms with E-state index in [2.05, 4.69) is 21.7 Å². The maximum absolute atomic E-state index is 12.9. The lowest BCUT2D eigenvalue weighted by atomic mass is 10.2. The van der Waals surface area contributed by atoms with E-state index in [9.17, 15) is 4.39 Å². The second-order valence-electron chi connectivity index (χ2n) is 5.43. The van der Waals surface area contributed by atoms with E-state index in [1.807, 2.05) is 24.3 Å². The number of thioether (sulfide) groups is 1. The Kier molecular flexibility index (Phi) is 6.12. The van der Waals surface area contributed by atoms with E-state index in [-0.39, 0.29) is 5.82 Å². The standard InChI is InChI=1S/C19H20FN3O2S/c1-3-23-18(14-4-8-16(24-2)9-5-14)21-22-19(23)26-13-12-25-17-10-6-15(20)7-11-17/h4-11H,3,12-13H2,1-2H3. The zero-order chi connectivity index (χ0) is 18.4. The molecule has 26 heavy (non-hydrogen) atoms. The molecule has 0 spiro atoms. The Bertz CT molecular complexity index is 835. The third kappa shape index (κ3) is 4.35. The summed E-state index contributed by atoms with van der Waals surface area (Å²) in [6.45, 7) is 3.34. The Morgan fingerprint density at radius 1 is 1.00 bits per heavy atom. The van der Waals surface area contributed by atoms with Crippen LogP contribution in [0.15, 0.2) is 53.7 Å². The van der Waals surface area contributed by atoms with Crippen molar-refractivity contribution in [2.45, 2.75) is 18.6 Å². The van der Waals surface area contributed by atoms with Crippen molar-refractivity contribution in [1.29, 1.82) is 0 Å². The molecule has 3 aromatic rings. The highest BCUT2D eigenvalue weighted by Gasteiger charge is 2.13.